The molecule has 1 aliphatic rings. The van der Waals surface area contributed by atoms with Crippen molar-refractivity contribution < 1.29 is 14.4 Å². The number of piperidine rings is 1. The van der Waals surface area contributed by atoms with Crippen molar-refractivity contribution in [1.29, 1.82) is 0 Å². The Morgan fingerprint density at radius 1 is 1.10 bits per heavy atom. The first-order valence-electron chi connectivity index (χ1n) is 10.8. The molecule has 6 heteroatoms. The Kier molecular flexibility index (Phi) is 6.37. The van der Waals surface area contributed by atoms with Crippen molar-refractivity contribution in [2.24, 2.45) is 0 Å². The van der Waals surface area contributed by atoms with Gasteiger partial charge in [0.1, 0.15) is 11.9 Å². The predicted molar refractivity (Wildman–Crippen MR) is 122 cm³/mol. The highest BCUT2D eigenvalue weighted by atomic mass is 16.7. The van der Waals surface area contributed by atoms with Gasteiger partial charge in [0, 0.05) is 37.5 Å². The Morgan fingerprint density at radius 2 is 1.84 bits per heavy atom. The smallest absolute Gasteiger partial charge is 0.341 e. The lowest BCUT2D eigenvalue weighted by Crippen LogP contribution is -2.46. The Balaban J connectivity index is 1.36. The second-order valence-electron chi connectivity index (χ2n) is 8.22. The summed E-state index contributed by atoms with van der Waals surface area (Å²) in [5.41, 5.74) is 7.04. The number of carbonyl (C=O) groups excluding carboxylic acids is 1. The van der Waals surface area contributed by atoms with Crippen LogP contribution in [0.5, 0.6) is 5.75 Å². The maximum absolute atomic E-state index is 12.1. The fraction of sp³-hybridized carbons (Fsp3) is 0.360. The van der Waals surface area contributed by atoms with Crippen LogP contribution >= 0.6 is 0 Å². The van der Waals surface area contributed by atoms with E-state index in [1.54, 1.807) is 4.90 Å². The predicted octanol–water partition coefficient (Wildman–Crippen LogP) is 5.10. The largest absolute Gasteiger partial charge is 0.490 e. The highest BCUT2D eigenvalue weighted by Gasteiger charge is 2.24. The third-order valence-electron chi connectivity index (χ3n) is 5.61. The zero-order valence-corrected chi connectivity index (χ0v) is 18.3. The highest BCUT2D eigenvalue weighted by molar-refractivity contribution is 5.88. The number of benzene rings is 2. The van der Waals surface area contributed by atoms with Gasteiger partial charge in [0.25, 0.3) is 0 Å². The summed E-state index contributed by atoms with van der Waals surface area (Å²) >= 11 is 0. The van der Waals surface area contributed by atoms with E-state index in [9.17, 15) is 4.79 Å². The molecule has 2 amide bonds. The van der Waals surface area contributed by atoms with Crippen LogP contribution < -0.4 is 10.2 Å². The van der Waals surface area contributed by atoms with Gasteiger partial charge in [-0.25, -0.2) is 10.3 Å². The average molecular weight is 420 g/mol. The summed E-state index contributed by atoms with van der Waals surface area (Å²) in [6.07, 6.45) is 3.50. The van der Waals surface area contributed by atoms with Gasteiger partial charge in [-0.05, 0) is 55.7 Å². The number of pyridine rings is 1. The zero-order chi connectivity index (χ0) is 21.8. The van der Waals surface area contributed by atoms with Gasteiger partial charge >= 0.3 is 6.03 Å². The van der Waals surface area contributed by atoms with E-state index in [4.69, 9.17) is 9.57 Å². The molecule has 1 saturated heterocycles. The highest BCUT2D eigenvalue weighted by Crippen LogP contribution is 2.30. The summed E-state index contributed by atoms with van der Waals surface area (Å²) in [6.45, 7) is 7.18. The van der Waals surface area contributed by atoms with Crippen molar-refractivity contribution in [2.75, 3.05) is 13.1 Å². The molecular formula is C25H29N3O3. The number of nitrogens with zero attached hydrogens (tertiary/aromatic N) is 2. The molecule has 1 aromatic heterocycles. The third-order valence-corrected chi connectivity index (χ3v) is 5.61. The van der Waals surface area contributed by atoms with E-state index in [-0.39, 0.29) is 18.2 Å². The van der Waals surface area contributed by atoms with Crippen molar-refractivity contribution in [3.8, 4) is 16.9 Å². The number of rotatable bonds is 5. The number of aromatic nitrogens is 1. The van der Waals surface area contributed by atoms with Crippen molar-refractivity contribution >= 4 is 16.9 Å². The number of likely N-dealkylation sites (tertiary alicyclic amines) is 1. The van der Waals surface area contributed by atoms with E-state index in [0.29, 0.717) is 13.1 Å². The fourth-order valence-corrected chi connectivity index (χ4v) is 3.92. The molecule has 2 heterocycles. The van der Waals surface area contributed by atoms with Crippen LogP contribution in [-0.2, 0) is 4.84 Å². The molecule has 1 aliphatic heterocycles. The lowest BCUT2D eigenvalue weighted by Gasteiger charge is -2.32. The molecule has 1 fully saturated rings. The molecular weight excluding hydrogens is 390 g/mol. The molecule has 0 atom stereocenters. The van der Waals surface area contributed by atoms with E-state index in [1.807, 2.05) is 38.2 Å². The molecule has 0 bridgehead atoms. The van der Waals surface area contributed by atoms with Crippen LogP contribution in [0.4, 0.5) is 4.79 Å². The number of aryl methyl sites for hydroxylation is 1. The summed E-state index contributed by atoms with van der Waals surface area (Å²) in [6, 6.07) is 16.4. The van der Waals surface area contributed by atoms with Gasteiger partial charge in [-0.1, -0.05) is 30.3 Å². The van der Waals surface area contributed by atoms with Crippen LogP contribution in [0, 0.1) is 6.92 Å². The number of amides is 2. The van der Waals surface area contributed by atoms with E-state index < -0.39 is 0 Å². The van der Waals surface area contributed by atoms with Crippen LogP contribution in [0.3, 0.4) is 0 Å². The maximum Gasteiger partial charge on any atom is 0.341 e. The lowest BCUT2D eigenvalue weighted by atomic mass is 9.98. The van der Waals surface area contributed by atoms with Gasteiger partial charge < -0.3 is 9.64 Å². The van der Waals surface area contributed by atoms with Gasteiger partial charge in [0.05, 0.1) is 11.6 Å². The molecule has 0 aliphatic carbocycles. The van der Waals surface area contributed by atoms with Crippen LogP contribution in [-0.4, -0.2) is 41.2 Å². The number of carbonyl (C=O) groups is 1. The summed E-state index contributed by atoms with van der Waals surface area (Å²) < 4.78 is 6.17. The summed E-state index contributed by atoms with van der Waals surface area (Å²) in [5.74, 6) is 0.853. The van der Waals surface area contributed by atoms with Gasteiger partial charge in [-0.15, -0.1) is 0 Å². The molecule has 0 unspecified atom stereocenters. The Bertz CT molecular complexity index is 1040. The second-order valence-corrected chi connectivity index (χ2v) is 8.22. The zero-order valence-electron chi connectivity index (χ0n) is 18.3. The first-order chi connectivity index (χ1) is 15.0. The Labute approximate surface area is 183 Å². The molecule has 2 aromatic carbocycles. The monoisotopic (exact) mass is 419 g/mol. The molecule has 1 N–H and O–H groups in total. The summed E-state index contributed by atoms with van der Waals surface area (Å²) in [5, 5.41) is 1.15. The van der Waals surface area contributed by atoms with Crippen LogP contribution in [0.1, 0.15) is 32.3 Å². The van der Waals surface area contributed by atoms with Crippen molar-refractivity contribution in [1.82, 2.24) is 15.4 Å². The van der Waals surface area contributed by atoms with Gasteiger partial charge in [0.2, 0.25) is 0 Å². The third kappa shape index (κ3) is 4.97. The molecule has 0 radical (unpaired) electrons. The molecule has 31 heavy (non-hydrogen) atoms. The summed E-state index contributed by atoms with van der Waals surface area (Å²) in [4.78, 5) is 23.6. The standard InChI is InChI=1S/C25H29N3O3/c1-17(2)31-27-25(29)28-15-12-22(13-16-28)30-21-9-6-19(7-10-21)23-11-8-20-5-4-14-26-24(20)18(23)3/h4-11,14,17,22H,12-13,15-16H2,1-3H3,(H,27,29). The number of nitrogens with one attached hydrogen (secondary N) is 1. The normalized spacial score (nSPS) is 14.8. The topological polar surface area (TPSA) is 63.7 Å². The number of fused-ring (bicyclic) bond motifs is 1. The van der Waals surface area contributed by atoms with Crippen molar-refractivity contribution in [3.63, 3.8) is 0 Å². The number of hydroxylamine groups is 1. The Morgan fingerprint density at radius 3 is 2.55 bits per heavy atom. The van der Waals surface area contributed by atoms with E-state index in [2.05, 4.69) is 47.7 Å². The number of ether oxygens (including phenoxy) is 1. The molecule has 3 aromatic rings. The maximum atomic E-state index is 12.1. The first kappa shape index (κ1) is 21.1. The molecule has 0 spiro atoms. The van der Waals surface area contributed by atoms with Gasteiger partial charge in [-0.3, -0.25) is 9.82 Å². The molecule has 4 rings (SSSR count). The molecule has 6 nitrogen and oxygen atoms in total. The lowest BCUT2D eigenvalue weighted by molar-refractivity contribution is 0.00228. The van der Waals surface area contributed by atoms with Crippen LogP contribution in [0.25, 0.3) is 22.0 Å². The number of hydrogen-bond acceptors (Lipinski definition) is 4. The van der Waals surface area contributed by atoms with E-state index >= 15 is 0 Å². The molecule has 162 valence electrons. The SMILES string of the molecule is Cc1c(-c2ccc(OC3CCN(C(=O)NOC(C)C)CC3)cc2)ccc2cccnc12. The average Bonchev–Trinajstić information content (AvgIpc) is 2.79. The van der Waals surface area contributed by atoms with Crippen molar-refractivity contribution in [3.05, 3.63) is 60.3 Å². The fourth-order valence-electron chi connectivity index (χ4n) is 3.92. The van der Waals surface area contributed by atoms with Gasteiger partial charge in [0.15, 0.2) is 0 Å². The second kappa shape index (κ2) is 9.35. The van der Waals surface area contributed by atoms with Crippen LogP contribution in [0.2, 0.25) is 0 Å². The minimum atomic E-state index is -0.184. The quantitative estimate of drug-likeness (QED) is 0.584. The summed E-state index contributed by atoms with van der Waals surface area (Å²) in [7, 11) is 0. The number of hydrogen-bond donors (Lipinski definition) is 1. The van der Waals surface area contributed by atoms with Crippen LogP contribution in [0.15, 0.2) is 54.7 Å². The minimum Gasteiger partial charge on any atom is -0.490 e. The van der Waals surface area contributed by atoms with E-state index in [0.717, 1.165) is 35.1 Å². The Hall–Kier alpha value is -3.12. The van der Waals surface area contributed by atoms with Gasteiger partial charge in [-0.2, -0.15) is 0 Å². The minimum absolute atomic E-state index is 0.0394. The van der Waals surface area contributed by atoms with Crippen molar-refractivity contribution in [2.45, 2.75) is 45.8 Å². The first-order valence-corrected chi connectivity index (χ1v) is 10.8. The number of urea groups is 1. The van der Waals surface area contributed by atoms with E-state index in [1.165, 1.54) is 11.1 Å². The molecule has 0 saturated carbocycles.